The summed E-state index contributed by atoms with van der Waals surface area (Å²) in [6, 6.07) is 13.0. The van der Waals surface area contributed by atoms with Crippen LogP contribution in [0.3, 0.4) is 0 Å². The van der Waals surface area contributed by atoms with Gasteiger partial charge in [0, 0.05) is 5.69 Å². The Morgan fingerprint density at radius 2 is 1.59 bits per heavy atom. The number of halogens is 1. The van der Waals surface area contributed by atoms with Gasteiger partial charge >= 0.3 is 0 Å². The first kappa shape index (κ1) is 24.2. The zero-order valence-electron chi connectivity index (χ0n) is 20.7. The van der Waals surface area contributed by atoms with Crippen molar-refractivity contribution in [1.82, 2.24) is 0 Å². The second-order valence-corrected chi connectivity index (χ2v) is 8.28. The van der Waals surface area contributed by atoms with Crippen LogP contribution in [0.25, 0.3) is 11.0 Å². The minimum Gasteiger partial charge on any atom is -0.494 e. The number of nitrogens with zero attached hydrogens (tertiary/aromatic N) is 1. The minimum absolute atomic E-state index is 0.0394. The molecule has 3 aromatic carbocycles. The summed E-state index contributed by atoms with van der Waals surface area (Å²) in [5, 5.41) is 0.0394. The highest BCUT2D eigenvalue weighted by molar-refractivity contribution is 6.10. The molecule has 9 heteroatoms. The molecule has 2 heterocycles. The molecule has 1 aromatic heterocycles. The molecule has 0 radical (unpaired) electrons. The third kappa shape index (κ3) is 3.92. The van der Waals surface area contributed by atoms with Crippen molar-refractivity contribution in [3.8, 4) is 23.0 Å². The molecule has 5 rings (SSSR count). The van der Waals surface area contributed by atoms with Crippen LogP contribution in [0.2, 0.25) is 0 Å². The third-order valence-corrected chi connectivity index (χ3v) is 6.26. The molecule has 190 valence electrons. The molecule has 1 aliphatic rings. The van der Waals surface area contributed by atoms with Crippen LogP contribution >= 0.6 is 0 Å². The highest BCUT2D eigenvalue weighted by Gasteiger charge is 2.44. The van der Waals surface area contributed by atoms with Crippen molar-refractivity contribution >= 4 is 22.6 Å². The van der Waals surface area contributed by atoms with E-state index in [-0.39, 0.29) is 22.3 Å². The van der Waals surface area contributed by atoms with Gasteiger partial charge in [0.1, 0.15) is 17.1 Å². The number of fused-ring (bicyclic) bond motifs is 2. The highest BCUT2D eigenvalue weighted by atomic mass is 19.1. The molecule has 0 fully saturated rings. The van der Waals surface area contributed by atoms with Crippen molar-refractivity contribution in [2.75, 3.05) is 32.8 Å². The van der Waals surface area contributed by atoms with Crippen molar-refractivity contribution in [3.63, 3.8) is 0 Å². The zero-order chi connectivity index (χ0) is 26.3. The van der Waals surface area contributed by atoms with Crippen LogP contribution in [-0.2, 0) is 0 Å². The van der Waals surface area contributed by atoms with E-state index < -0.39 is 23.2 Å². The number of methoxy groups -OCH3 is 3. The predicted octanol–water partition coefficient (Wildman–Crippen LogP) is 5.11. The number of anilines is 1. The van der Waals surface area contributed by atoms with Gasteiger partial charge in [-0.15, -0.1) is 0 Å². The standard InChI is InChI=1S/C28H24FNO7/c1-5-36-18-9-7-17(8-10-18)30-24(15-12-21(33-2)26(35-4)22(13-15)34-3)23-25(31)19-14-16(29)6-11-20(19)37-27(23)28(30)32/h6-14,24H,5H2,1-4H3. The maximum atomic E-state index is 14.1. The Labute approximate surface area is 211 Å². The van der Waals surface area contributed by atoms with Gasteiger partial charge in [0.2, 0.25) is 11.5 Å². The number of hydrogen-bond donors (Lipinski definition) is 0. The van der Waals surface area contributed by atoms with Crippen LogP contribution in [0.1, 0.15) is 34.6 Å². The lowest BCUT2D eigenvalue weighted by Crippen LogP contribution is -2.29. The first-order valence-electron chi connectivity index (χ1n) is 11.5. The lowest BCUT2D eigenvalue weighted by atomic mass is 9.97. The molecule has 4 aromatic rings. The van der Waals surface area contributed by atoms with E-state index in [1.807, 2.05) is 6.92 Å². The second kappa shape index (κ2) is 9.50. The maximum absolute atomic E-state index is 14.1. The molecule has 1 aliphatic heterocycles. The first-order chi connectivity index (χ1) is 17.9. The summed E-state index contributed by atoms with van der Waals surface area (Å²) >= 11 is 0. The Morgan fingerprint density at radius 3 is 2.19 bits per heavy atom. The minimum atomic E-state index is -0.918. The fourth-order valence-corrected chi connectivity index (χ4v) is 4.66. The van der Waals surface area contributed by atoms with E-state index in [2.05, 4.69) is 0 Å². The predicted molar refractivity (Wildman–Crippen MR) is 135 cm³/mol. The van der Waals surface area contributed by atoms with E-state index in [0.29, 0.717) is 40.9 Å². The third-order valence-electron chi connectivity index (χ3n) is 6.26. The molecule has 0 aliphatic carbocycles. The van der Waals surface area contributed by atoms with Gasteiger partial charge in [-0.05, 0) is 67.1 Å². The van der Waals surface area contributed by atoms with E-state index in [4.69, 9.17) is 23.4 Å². The summed E-state index contributed by atoms with van der Waals surface area (Å²) in [4.78, 5) is 29.0. The summed E-state index contributed by atoms with van der Waals surface area (Å²) < 4.78 is 42.0. The lowest BCUT2D eigenvalue weighted by Gasteiger charge is -2.26. The molecule has 1 amide bonds. The van der Waals surface area contributed by atoms with E-state index in [1.54, 1.807) is 36.4 Å². The molecule has 0 saturated carbocycles. The molecular weight excluding hydrogens is 481 g/mol. The zero-order valence-corrected chi connectivity index (χ0v) is 20.7. The second-order valence-electron chi connectivity index (χ2n) is 8.28. The quantitative estimate of drug-likeness (QED) is 0.345. The van der Waals surface area contributed by atoms with Crippen LogP contribution in [0.5, 0.6) is 23.0 Å². The Hall–Kier alpha value is -4.53. The molecule has 8 nitrogen and oxygen atoms in total. The van der Waals surface area contributed by atoms with Crippen LogP contribution < -0.4 is 29.3 Å². The van der Waals surface area contributed by atoms with Gasteiger partial charge in [-0.3, -0.25) is 14.5 Å². The van der Waals surface area contributed by atoms with Gasteiger partial charge in [0.15, 0.2) is 16.9 Å². The smallest absolute Gasteiger partial charge is 0.295 e. The number of rotatable bonds is 7. The van der Waals surface area contributed by atoms with Gasteiger partial charge < -0.3 is 23.4 Å². The van der Waals surface area contributed by atoms with Crippen molar-refractivity contribution in [2.45, 2.75) is 13.0 Å². The van der Waals surface area contributed by atoms with Crippen LogP contribution in [0.4, 0.5) is 10.1 Å². The van der Waals surface area contributed by atoms with Gasteiger partial charge in [-0.1, -0.05) is 0 Å². The highest BCUT2D eigenvalue weighted by Crippen LogP contribution is 2.46. The molecule has 37 heavy (non-hydrogen) atoms. The van der Waals surface area contributed by atoms with E-state index in [1.165, 1.54) is 38.4 Å². The first-order valence-corrected chi connectivity index (χ1v) is 11.5. The van der Waals surface area contributed by atoms with Crippen LogP contribution in [0.15, 0.2) is 63.8 Å². The normalized spacial score (nSPS) is 14.6. The molecule has 1 atom stereocenters. The number of hydrogen-bond acceptors (Lipinski definition) is 7. The molecule has 0 saturated heterocycles. The monoisotopic (exact) mass is 505 g/mol. The fraction of sp³-hybridized carbons (Fsp3) is 0.214. The summed E-state index contributed by atoms with van der Waals surface area (Å²) in [5.74, 6) is 0.477. The number of amides is 1. The molecular formula is C28H24FNO7. The Bertz CT molecular complexity index is 1540. The van der Waals surface area contributed by atoms with Crippen molar-refractivity contribution in [2.24, 2.45) is 0 Å². The number of benzene rings is 3. The molecule has 0 N–H and O–H groups in total. The van der Waals surface area contributed by atoms with Crippen LogP contribution in [0, 0.1) is 5.82 Å². The van der Waals surface area contributed by atoms with Crippen molar-refractivity contribution < 1.29 is 32.5 Å². The summed E-state index contributed by atoms with van der Waals surface area (Å²) in [5.41, 5.74) is 0.727. The Balaban J connectivity index is 1.79. The Morgan fingerprint density at radius 1 is 0.919 bits per heavy atom. The van der Waals surface area contributed by atoms with Gasteiger partial charge in [0.25, 0.3) is 5.91 Å². The van der Waals surface area contributed by atoms with Gasteiger partial charge in [0.05, 0.1) is 44.9 Å². The molecule has 1 unspecified atom stereocenters. The van der Waals surface area contributed by atoms with E-state index in [0.717, 1.165) is 6.07 Å². The average Bonchev–Trinajstić information content (AvgIpc) is 3.21. The molecule has 0 spiro atoms. The number of ether oxygens (including phenoxy) is 4. The lowest BCUT2D eigenvalue weighted by molar-refractivity contribution is 0.0971. The SMILES string of the molecule is CCOc1ccc(N2C(=O)c3oc4ccc(F)cc4c(=O)c3C2c2cc(OC)c(OC)c(OC)c2)cc1. The largest absolute Gasteiger partial charge is 0.494 e. The fourth-order valence-electron chi connectivity index (χ4n) is 4.66. The summed E-state index contributed by atoms with van der Waals surface area (Å²) in [7, 11) is 4.43. The topological polar surface area (TPSA) is 87.4 Å². The average molecular weight is 505 g/mol. The van der Waals surface area contributed by atoms with Gasteiger partial charge in [-0.25, -0.2) is 4.39 Å². The van der Waals surface area contributed by atoms with Crippen molar-refractivity contribution in [3.05, 3.63) is 87.5 Å². The van der Waals surface area contributed by atoms with Gasteiger partial charge in [-0.2, -0.15) is 0 Å². The summed E-state index contributed by atoms with van der Waals surface area (Å²) in [6.45, 7) is 2.36. The van der Waals surface area contributed by atoms with Crippen molar-refractivity contribution in [1.29, 1.82) is 0 Å². The number of carbonyl (C=O) groups excluding carboxylic acids is 1. The van der Waals surface area contributed by atoms with E-state index in [9.17, 15) is 14.0 Å². The van der Waals surface area contributed by atoms with Crippen LogP contribution in [-0.4, -0.2) is 33.8 Å². The molecule has 0 bridgehead atoms. The number of carbonyl (C=O) groups is 1. The Kier molecular flexibility index (Phi) is 6.20. The maximum Gasteiger partial charge on any atom is 0.295 e. The van der Waals surface area contributed by atoms with E-state index >= 15 is 0 Å². The summed E-state index contributed by atoms with van der Waals surface area (Å²) in [6.07, 6.45) is 0.